The van der Waals surface area contributed by atoms with Crippen molar-refractivity contribution in [1.82, 2.24) is 9.97 Å². The summed E-state index contributed by atoms with van der Waals surface area (Å²) in [5, 5.41) is 9.08. The molecule has 0 aliphatic heterocycles. The van der Waals surface area contributed by atoms with E-state index in [0.29, 0.717) is 11.5 Å². The van der Waals surface area contributed by atoms with Crippen LogP contribution in [0.5, 0.6) is 0 Å². The van der Waals surface area contributed by atoms with E-state index >= 15 is 0 Å². The van der Waals surface area contributed by atoms with Gasteiger partial charge in [-0.05, 0) is 18.2 Å². The highest BCUT2D eigenvalue weighted by molar-refractivity contribution is 6.00. The molecule has 3 aromatic rings. The monoisotopic (exact) mass is 263 g/mol. The maximum Gasteiger partial charge on any atom is 0.171 e. The Morgan fingerprint density at radius 3 is 2.85 bits per heavy atom. The molecule has 2 heterocycles. The fourth-order valence-electron chi connectivity index (χ4n) is 1.92. The van der Waals surface area contributed by atoms with E-state index in [4.69, 9.17) is 5.73 Å². The normalized spacial score (nSPS) is 12.3. The lowest BCUT2D eigenvalue weighted by atomic mass is 10.2. The van der Waals surface area contributed by atoms with Crippen LogP contribution in [0.1, 0.15) is 11.3 Å². The average Bonchev–Trinajstić information content (AvgIpc) is 2.92. The zero-order valence-electron chi connectivity index (χ0n) is 10.7. The number of rotatable bonds is 3. The molecule has 0 unspecified atom stereocenters. The number of amidine groups is 1. The van der Waals surface area contributed by atoms with E-state index in [2.05, 4.69) is 20.2 Å². The molecule has 0 fully saturated rings. The molecule has 3 rings (SSSR count). The first-order chi connectivity index (χ1) is 9.84. The number of pyridine rings is 1. The molecule has 2 aromatic heterocycles. The molecule has 98 valence electrons. The van der Waals surface area contributed by atoms with Gasteiger partial charge in [0.25, 0.3) is 0 Å². The van der Waals surface area contributed by atoms with E-state index in [1.807, 2.05) is 42.6 Å². The van der Waals surface area contributed by atoms with Crippen molar-refractivity contribution in [3.63, 3.8) is 0 Å². The minimum atomic E-state index is 0.293. The van der Waals surface area contributed by atoms with E-state index in [0.717, 1.165) is 16.5 Å². The van der Waals surface area contributed by atoms with Gasteiger partial charge < -0.3 is 10.7 Å². The number of aromatic nitrogens is 2. The molecule has 0 saturated carbocycles. The first-order valence-electron chi connectivity index (χ1n) is 6.18. The van der Waals surface area contributed by atoms with Crippen molar-refractivity contribution in [2.24, 2.45) is 15.9 Å². The van der Waals surface area contributed by atoms with Gasteiger partial charge in [0.15, 0.2) is 5.84 Å². The number of fused-ring (bicyclic) bond motifs is 1. The van der Waals surface area contributed by atoms with Gasteiger partial charge in [0.1, 0.15) is 5.69 Å². The number of nitrogens with two attached hydrogens (primary N) is 1. The highest BCUT2D eigenvalue weighted by Gasteiger charge is 2.00. The molecule has 0 saturated heterocycles. The van der Waals surface area contributed by atoms with E-state index < -0.39 is 0 Å². The number of para-hydroxylation sites is 1. The smallest absolute Gasteiger partial charge is 0.171 e. The first-order valence-corrected chi connectivity index (χ1v) is 6.18. The van der Waals surface area contributed by atoms with Crippen LogP contribution in [0.2, 0.25) is 0 Å². The van der Waals surface area contributed by atoms with Gasteiger partial charge in [-0.25, -0.2) is 0 Å². The van der Waals surface area contributed by atoms with Crippen molar-refractivity contribution in [2.45, 2.75) is 0 Å². The third-order valence-corrected chi connectivity index (χ3v) is 2.91. The third kappa shape index (κ3) is 2.42. The van der Waals surface area contributed by atoms with Crippen LogP contribution in [-0.2, 0) is 0 Å². The number of hydrogen-bond donors (Lipinski definition) is 2. The van der Waals surface area contributed by atoms with Crippen molar-refractivity contribution in [1.29, 1.82) is 0 Å². The van der Waals surface area contributed by atoms with Crippen LogP contribution in [0.3, 0.4) is 0 Å². The van der Waals surface area contributed by atoms with Crippen molar-refractivity contribution >= 4 is 23.0 Å². The maximum absolute atomic E-state index is 5.81. The molecule has 0 radical (unpaired) electrons. The summed E-state index contributed by atoms with van der Waals surface area (Å²) >= 11 is 0. The van der Waals surface area contributed by atoms with Gasteiger partial charge >= 0.3 is 0 Å². The average molecular weight is 263 g/mol. The molecule has 0 atom stereocenters. The van der Waals surface area contributed by atoms with Gasteiger partial charge in [-0.15, -0.1) is 5.10 Å². The molecule has 1 aromatic carbocycles. The van der Waals surface area contributed by atoms with Crippen molar-refractivity contribution < 1.29 is 0 Å². The predicted molar refractivity (Wildman–Crippen MR) is 80.9 cm³/mol. The standard InChI is InChI=1S/C15H13N5/c16-15(14-7-3-4-8-17-14)20-19-10-11-9-18-13-6-2-1-5-12(11)13/h1-10,18H,(H2,16,20)/b19-10+. The van der Waals surface area contributed by atoms with E-state index in [1.54, 1.807) is 18.5 Å². The van der Waals surface area contributed by atoms with Gasteiger partial charge in [-0.1, -0.05) is 24.3 Å². The largest absolute Gasteiger partial charge is 0.380 e. The Morgan fingerprint density at radius 2 is 2.00 bits per heavy atom. The summed E-state index contributed by atoms with van der Waals surface area (Å²) in [7, 11) is 0. The van der Waals surface area contributed by atoms with Crippen LogP contribution in [0.25, 0.3) is 10.9 Å². The zero-order chi connectivity index (χ0) is 13.8. The molecule has 0 spiro atoms. The minimum Gasteiger partial charge on any atom is -0.380 e. The van der Waals surface area contributed by atoms with Crippen LogP contribution in [0.4, 0.5) is 0 Å². The molecular formula is C15H13N5. The summed E-state index contributed by atoms with van der Waals surface area (Å²) in [5.74, 6) is 0.293. The summed E-state index contributed by atoms with van der Waals surface area (Å²) in [6, 6.07) is 13.5. The summed E-state index contributed by atoms with van der Waals surface area (Å²) in [6.07, 6.45) is 5.23. The highest BCUT2D eigenvalue weighted by Crippen LogP contribution is 2.15. The fraction of sp³-hybridized carbons (Fsp3) is 0. The number of aromatic amines is 1. The number of H-pyrrole nitrogens is 1. The zero-order valence-corrected chi connectivity index (χ0v) is 10.7. The Hall–Kier alpha value is -2.95. The quantitative estimate of drug-likeness (QED) is 0.432. The predicted octanol–water partition coefficient (Wildman–Crippen LogP) is 2.30. The Labute approximate surface area is 115 Å². The second kappa shape index (κ2) is 5.36. The molecule has 0 bridgehead atoms. The summed E-state index contributed by atoms with van der Waals surface area (Å²) < 4.78 is 0. The lowest BCUT2D eigenvalue weighted by molar-refractivity contribution is 1.20. The van der Waals surface area contributed by atoms with Crippen molar-refractivity contribution in [2.75, 3.05) is 0 Å². The topological polar surface area (TPSA) is 79.4 Å². The molecule has 0 aliphatic carbocycles. The number of nitrogens with zero attached hydrogens (tertiary/aromatic N) is 3. The van der Waals surface area contributed by atoms with Gasteiger partial charge in [-0.2, -0.15) is 5.10 Å². The molecule has 3 N–H and O–H groups in total. The Balaban J connectivity index is 1.84. The van der Waals surface area contributed by atoms with Crippen LogP contribution in [-0.4, -0.2) is 22.0 Å². The first kappa shape index (κ1) is 12.1. The van der Waals surface area contributed by atoms with Gasteiger partial charge in [-0.3, -0.25) is 4.98 Å². The molecule has 20 heavy (non-hydrogen) atoms. The van der Waals surface area contributed by atoms with E-state index in [9.17, 15) is 0 Å². The Bertz CT molecular complexity index is 771. The number of nitrogens with one attached hydrogen (secondary N) is 1. The summed E-state index contributed by atoms with van der Waals surface area (Å²) in [5.41, 5.74) is 8.46. The molecule has 0 aliphatic rings. The Morgan fingerprint density at radius 1 is 1.15 bits per heavy atom. The van der Waals surface area contributed by atoms with Crippen LogP contribution in [0, 0.1) is 0 Å². The summed E-state index contributed by atoms with van der Waals surface area (Å²) in [6.45, 7) is 0. The van der Waals surface area contributed by atoms with Gasteiger partial charge in [0, 0.05) is 28.9 Å². The van der Waals surface area contributed by atoms with Crippen LogP contribution in [0.15, 0.2) is 65.1 Å². The Kier molecular flexibility index (Phi) is 3.24. The van der Waals surface area contributed by atoms with Crippen molar-refractivity contribution in [3.8, 4) is 0 Å². The SMILES string of the molecule is N/C(=N/N=C/c1c[nH]c2ccccc12)c1ccccn1. The third-order valence-electron chi connectivity index (χ3n) is 2.91. The summed E-state index contributed by atoms with van der Waals surface area (Å²) in [4.78, 5) is 7.28. The van der Waals surface area contributed by atoms with E-state index in [1.165, 1.54) is 0 Å². The molecule has 5 nitrogen and oxygen atoms in total. The molecule has 5 heteroatoms. The number of benzene rings is 1. The molecular weight excluding hydrogens is 250 g/mol. The fourth-order valence-corrected chi connectivity index (χ4v) is 1.92. The van der Waals surface area contributed by atoms with Crippen LogP contribution < -0.4 is 5.73 Å². The van der Waals surface area contributed by atoms with Crippen LogP contribution >= 0.6 is 0 Å². The highest BCUT2D eigenvalue weighted by atomic mass is 15.2. The molecule has 0 amide bonds. The lowest BCUT2D eigenvalue weighted by Crippen LogP contribution is -2.14. The second-order valence-corrected chi connectivity index (χ2v) is 4.23. The van der Waals surface area contributed by atoms with Gasteiger partial charge in [0.2, 0.25) is 0 Å². The second-order valence-electron chi connectivity index (χ2n) is 4.23. The maximum atomic E-state index is 5.81. The van der Waals surface area contributed by atoms with Crippen molar-refractivity contribution in [3.05, 3.63) is 66.1 Å². The number of hydrogen-bond acceptors (Lipinski definition) is 3. The minimum absolute atomic E-state index is 0.293. The van der Waals surface area contributed by atoms with Gasteiger partial charge in [0.05, 0.1) is 6.21 Å². The van der Waals surface area contributed by atoms with E-state index in [-0.39, 0.29) is 0 Å². The lowest BCUT2D eigenvalue weighted by Gasteiger charge is -1.95.